The van der Waals surface area contributed by atoms with Crippen molar-refractivity contribution in [1.82, 2.24) is 16.0 Å². The second-order valence-corrected chi connectivity index (χ2v) is 12.5. The maximum atomic E-state index is 13.3. The summed E-state index contributed by atoms with van der Waals surface area (Å²) < 4.78 is 16.6. The number of nitrogens with one attached hydrogen (secondary N) is 3. The summed E-state index contributed by atoms with van der Waals surface area (Å²) in [4.78, 5) is 50.9. The second kappa shape index (κ2) is 16.1. The van der Waals surface area contributed by atoms with Gasteiger partial charge in [0.25, 0.3) is 0 Å². The fourth-order valence-electron chi connectivity index (χ4n) is 3.68. The van der Waals surface area contributed by atoms with E-state index in [2.05, 4.69) is 31.9 Å². The number of hydrogen-bond acceptors (Lipinski definition) is 7. The summed E-state index contributed by atoms with van der Waals surface area (Å²) >= 11 is 3.41. The number of carbonyl (C=O) groups is 4. The van der Waals surface area contributed by atoms with Crippen LogP contribution in [0.25, 0.3) is 0 Å². The molecule has 0 saturated heterocycles. The third-order valence-electron chi connectivity index (χ3n) is 5.81. The summed E-state index contributed by atoms with van der Waals surface area (Å²) in [5.41, 5.74) is 0.789. The predicted octanol–water partition coefficient (Wildman–Crippen LogP) is 5.51. The average Bonchev–Trinajstić information content (AvgIpc) is 2.89. The van der Waals surface area contributed by atoms with Gasteiger partial charge < -0.3 is 30.2 Å². The second-order valence-electron chi connectivity index (χ2n) is 11.6. The highest BCUT2D eigenvalue weighted by atomic mass is 79.9. The Labute approximate surface area is 256 Å². The van der Waals surface area contributed by atoms with Crippen molar-refractivity contribution in [2.75, 3.05) is 6.54 Å². The van der Waals surface area contributed by atoms with Gasteiger partial charge in [0, 0.05) is 23.0 Å². The van der Waals surface area contributed by atoms with E-state index in [9.17, 15) is 19.2 Å². The van der Waals surface area contributed by atoms with Crippen molar-refractivity contribution in [3.05, 3.63) is 64.1 Å². The van der Waals surface area contributed by atoms with Crippen LogP contribution in [0.2, 0.25) is 0 Å². The molecule has 0 aromatic heterocycles. The van der Waals surface area contributed by atoms with Crippen molar-refractivity contribution in [2.24, 2.45) is 11.8 Å². The van der Waals surface area contributed by atoms with Crippen LogP contribution in [0, 0.1) is 11.8 Å². The van der Waals surface area contributed by atoms with Gasteiger partial charge in [-0.05, 0) is 56.4 Å². The fraction of sp³-hybridized carbons (Fsp3) is 0.484. The van der Waals surface area contributed by atoms with Gasteiger partial charge in [0.15, 0.2) is 0 Å². The Morgan fingerprint density at radius 1 is 0.881 bits per heavy atom. The van der Waals surface area contributed by atoms with Crippen LogP contribution >= 0.6 is 15.9 Å². The van der Waals surface area contributed by atoms with E-state index < -0.39 is 35.8 Å². The summed E-state index contributed by atoms with van der Waals surface area (Å²) in [5.74, 6) is -0.652. The van der Waals surface area contributed by atoms with Crippen molar-refractivity contribution in [1.29, 1.82) is 0 Å². The molecule has 2 atom stereocenters. The van der Waals surface area contributed by atoms with Crippen LogP contribution < -0.4 is 20.7 Å². The van der Waals surface area contributed by atoms with Gasteiger partial charge in [-0.15, -0.1) is 0 Å². The van der Waals surface area contributed by atoms with E-state index in [0.29, 0.717) is 6.54 Å². The first-order valence-corrected chi connectivity index (χ1v) is 14.7. The van der Waals surface area contributed by atoms with Gasteiger partial charge in [0.1, 0.15) is 30.0 Å². The third-order valence-corrected chi connectivity index (χ3v) is 6.58. The van der Waals surface area contributed by atoms with Crippen LogP contribution in [0.1, 0.15) is 59.6 Å². The maximum Gasteiger partial charge on any atom is 0.514 e. The Balaban J connectivity index is 2.08. The quantitative estimate of drug-likeness (QED) is 0.204. The minimum atomic E-state index is -0.918. The number of amides is 3. The number of hydrogen-bond donors (Lipinski definition) is 3. The molecule has 2 aromatic rings. The average molecular weight is 649 g/mol. The Bertz CT molecular complexity index is 1210. The molecular weight excluding hydrogens is 606 g/mol. The van der Waals surface area contributed by atoms with E-state index >= 15 is 0 Å². The zero-order valence-electron chi connectivity index (χ0n) is 25.3. The highest BCUT2D eigenvalue weighted by molar-refractivity contribution is 9.10. The summed E-state index contributed by atoms with van der Waals surface area (Å²) in [7, 11) is 0. The van der Waals surface area contributed by atoms with Crippen LogP contribution in [0.4, 0.5) is 9.59 Å². The van der Waals surface area contributed by atoms with Crippen molar-refractivity contribution in [3.8, 4) is 5.75 Å². The van der Waals surface area contributed by atoms with Gasteiger partial charge in [-0.1, -0.05) is 74.0 Å². The third kappa shape index (κ3) is 12.5. The number of carbonyl (C=O) groups excluding carboxylic acids is 4. The van der Waals surface area contributed by atoms with Crippen LogP contribution in [0.15, 0.2) is 53.0 Å². The van der Waals surface area contributed by atoms with E-state index in [4.69, 9.17) is 14.2 Å². The number of ether oxygens (including phenoxy) is 3. The van der Waals surface area contributed by atoms with Gasteiger partial charge >= 0.3 is 12.2 Å². The van der Waals surface area contributed by atoms with Crippen LogP contribution in [0.5, 0.6) is 5.75 Å². The van der Waals surface area contributed by atoms with Crippen molar-refractivity contribution >= 4 is 40.0 Å². The molecular formula is C31H42BrN3O7. The summed E-state index contributed by atoms with van der Waals surface area (Å²) in [6, 6.07) is 12.1. The molecule has 0 radical (unpaired) electrons. The maximum absolute atomic E-state index is 13.3. The largest absolute Gasteiger partial charge is 0.514 e. The molecule has 0 fully saturated rings. The molecule has 2 aromatic carbocycles. The summed E-state index contributed by atoms with van der Waals surface area (Å²) in [5, 5.41) is 8.27. The molecule has 2 unspecified atom stereocenters. The van der Waals surface area contributed by atoms with Crippen LogP contribution in [-0.2, 0) is 32.1 Å². The molecule has 0 aliphatic carbocycles. The molecule has 3 amide bonds. The first-order valence-electron chi connectivity index (χ1n) is 13.9. The van der Waals surface area contributed by atoms with E-state index in [-0.39, 0.29) is 36.5 Å². The van der Waals surface area contributed by atoms with Crippen molar-refractivity contribution < 1.29 is 33.4 Å². The number of rotatable bonds is 12. The predicted molar refractivity (Wildman–Crippen MR) is 163 cm³/mol. The lowest BCUT2D eigenvalue weighted by Crippen LogP contribution is -2.56. The van der Waals surface area contributed by atoms with E-state index in [1.807, 2.05) is 38.1 Å². The minimum Gasteiger partial charge on any atom is -0.444 e. The molecule has 0 spiro atoms. The van der Waals surface area contributed by atoms with Gasteiger partial charge in [-0.2, -0.15) is 0 Å². The highest BCUT2D eigenvalue weighted by Crippen LogP contribution is 2.18. The molecule has 3 N–H and O–H groups in total. The molecule has 0 aliphatic rings. The van der Waals surface area contributed by atoms with Gasteiger partial charge in [0.05, 0.1) is 0 Å². The molecule has 0 saturated carbocycles. The minimum absolute atomic E-state index is 0.0470. The first-order chi connectivity index (χ1) is 19.6. The first kappa shape index (κ1) is 34.6. The molecule has 10 nitrogen and oxygen atoms in total. The molecule has 230 valence electrons. The van der Waals surface area contributed by atoms with E-state index in [1.165, 1.54) is 0 Å². The Kier molecular flexibility index (Phi) is 13.3. The summed E-state index contributed by atoms with van der Waals surface area (Å²) in [6.45, 7) is 13.2. The lowest BCUT2D eigenvalue weighted by molar-refractivity contribution is -0.130. The molecule has 0 bridgehead atoms. The Morgan fingerprint density at radius 3 is 2.10 bits per heavy atom. The smallest absolute Gasteiger partial charge is 0.444 e. The monoisotopic (exact) mass is 647 g/mol. The van der Waals surface area contributed by atoms with E-state index in [0.717, 1.165) is 15.6 Å². The topological polar surface area (TPSA) is 132 Å². The van der Waals surface area contributed by atoms with Crippen LogP contribution in [0.3, 0.4) is 0 Å². The van der Waals surface area contributed by atoms with Crippen LogP contribution in [-0.4, -0.2) is 48.3 Å². The van der Waals surface area contributed by atoms with Crippen molar-refractivity contribution in [3.63, 3.8) is 0 Å². The number of benzene rings is 2. The van der Waals surface area contributed by atoms with E-state index in [1.54, 1.807) is 58.9 Å². The lowest BCUT2D eigenvalue weighted by atomic mass is 10.0. The highest BCUT2D eigenvalue weighted by Gasteiger charge is 2.30. The Morgan fingerprint density at radius 2 is 1.52 bits per heavy atom. The normalized spacial score (nSPS) is 12.7. The summed E-state index contributed by atoms with van der Waals surface area (Å²) in [6.07, 6.45) is -1.41. The zero-order chi connectivity index (χ0) is 31.4. The molecule has 0 aliphatic heterocycles. The number of halogens is 1. The molecule has 0 heterocycles. The molecule has 42 heavy (non-hydrogen) atoms. The van der Waals surface area contributed by atoms with Gasteiger partial charge in [-0.25, -0.2) is 9.59 Å². The molecule has 11 heteroatoms. The standard InChI is InChI=1S/C31H42BrN3O7/c1-19(2)17-33-27(36)25(34-28(37)26(20(3)4)35-29(38)42-31(5,6)7)16-21-12-14-23(15-13-21)41-30(39)40-18-22-10-8-9-11-24(22)32/h8-15,19-20,25-26H,16-18H2,1-7H3,(H,33,36)(H,34,37)(H,35,38). The number of alkyl carbamates (subject to hydrolysis) is 1. The lowest BCUT2D eigenvalue weighted by Gasteiger charge is -2.27. The van der Waals surface area contributed by atoms with Crippen molar-refractivity contribution in [2.45, 2.75) is 79.2 Å². The van der Waals surface area contributed by atoms with Gasteiger partial charge in [-0.3, -0.25) is 9.59 Å². The Hall–Kier alpha value is -3.60. The van der Waals surface area contributed by atoms with Gasteiger partial charge in [0.2, 0.25) is 11.8 Å². The fourth-order valence-corrected chi connectivity index (χ4v) is 4.07. The molecule has 2 rings (SSSR count). The zero-order valence-corrected chi connectivity index (χ0v) is 26.9. The SMILES string of the molecule is CC(C)CNC(=O)C(Cc1ccc(OC(=O)OCc2ccccc2Br)cc1)NC(=O)C(NC(=O)OC(C)(C)C)C(C)C.